The molecule has 1 aromatic carbocycles. The molecule has 8 heteroatoms. The number of ether oxygens (including phenoxy) is 1. The Labute approximate surface area is 111 Å². The highest BCUT2D eigenvalue weighted by Crippen LogP contribution is 2.32. The third-order valence-electron chi connectivity index (χ3n) is 2.78. The number of aromatic nitrogens is 2. The summed E-state index contributed by atoms with van der Waals surface area (Å²) >= 11 is 0. The lowest BCUT2D eigenvalue weighted by Crippen LogP contribution is -2.16. The number of carboxylic acids is 1. The van der Waals surface area contributed by atoms with Gasteiger partial charge in [-0.2, -0.15) is 13.2 Å². The van der Waals surface area contributed by atoms with Gasteiger partial charge in [0.05, 0.1) is 17.7 Å². The smallest absolute Gasteiger partial charge is 0.449 e. The second kappa shape index (κ2) is 5.12. The molecule has 5 nitrogen and oxygen atoms in total. The van der Waals surface area contributed by atoms with Gasteiger partial charge in [0.1, 0.15) is 5.52 Å². The van der Waals surface area contributed by atoms with Crippen LogP contribution in [0.4, 0.5) is 13.2 Å². The van der Waals surface area contributed by atoms with Gasteiger partial charge in [0, 0.05) is 13.7 Å². The number of carboxylic acid groups (broad SMARTS) is 1. The van der Waals surface area contributed by atoms with Crippen molar-refractivity contribution >= 4 is 17.0 Å². The van der Waals surface area contributed by atoms with Crippen LogP contribution in [0.3, 0.4) is 0 Å². The summed E-state index contributed by atoms with van der Waals surface area (Å²) < 4.78 is 44.6. The monoisotopic (exact) mass is 288 g/mol. The number of benzene rings is 1. The molecule has 0 bridgehead atoms. The van der Waals surface area contributed by atoms with Crippen LogP contribution in [0, 0.1) is 0 Å². The average molecular weight is 288 g/mol. The predicted octanol–water partition coefficient (Wildman–Crippen LogP) is 2.40. The number of fused-ring (bicyclic) bond motifs is 1. The summed E-state index contributed by atoms with van der Waals surface area (Å²) in [5, 5.41) is 9.01. The van der Waals surface area contributed by atoms with E-state index in [2.05, 4.69) is 4.98 Å². The molecule has 0 fully saturated rings. The van der Waals surface area contributed by atoms with Crippen LogP contribution in [0.25, 0.3) is 11.0 Å². The minimum Gasteiger partial charge on any atom is -0.478 e. The highest BCUT2D eigenvalue weighted by Gasteiger charge is 2.38. The van der Waals surface area contributed by atoms with Gasteiger partial charge in [-0.1, -0.05) is 6.07 Å². The summed E-state index contributed by atoms with van der Waals surface area (Å²) in [4.78, 5) is 14.5. The SMILES string of the molecule is COCCn1c(C(F)(F)F)nc2c(C(=O)O)cccc21. The maximum absolute atomic E-state index is 13.0. The van der Waals surface area contributed by atoms with Crippen LogP contribution in [-0.2, 0) is 17.5 Å². The molecule has 0 atom stereocenters. The van der Waals surface area contributed by atoms with Crippen molar-refractivity contribution in [3.63, 3.8) is 0 Å². The number of hydrogen-bond acceptors (Lipinski definition) is 3. The molecular weight excluding hydrogens is 277 g/mol. The Morgan fingerprint density at radius 3 is 2.70 bits per heavy atom. The molecule has 0 saturated carbocycles. The molecule has 1 N–H and O–H groups in total. The summed E-state index contributed by atoms with van der Waals surface area (Å²) in [6.07, 6.45) is -4.66. The van der Waals surface area contributed by atoms with E-state index in [4.69, 9.17) is 9.84 Å². The van der Waals surface area contributed by atoms with E-state index in [0.29, 0.717) is 0 Å². The molecule has 1 heterocycles. The third-order valence-corrected chi connectivity index (χ3v) is 2.78. The molecule has 0 saturated heterocycles. The van der Waals surface area contributed by atoms with Gasteiger partial charge in [-0.15, -0.1) is 0 Å². The number of alkyl halides is 3. The average Bonchev–Trinajstić information content (AvgIpc) is 2.74. The minimum absolute atomic E-state index is 0.0613. The van der Waals surface area contributed by atoms with E-state index in [9.17, 15) is 18.0 Å². The molecule has 0 unspecified atom stereocenters. The zero-order chi connectivity index (χ0) is 14.9. The van der Waals surface area contributed by atoms with Crippen molar-refractivity contribution in [2.75, 3.05) is 13.7 Å². The maximum atomic E-state index is 13.0. The van der Waals surface area contributed by atoms with E-state index in [0.717, 1.165) is 4.57 Å². The fourth-order valence-corrected chi connectivity index (χ4v) is 1.94. The number of hydrogen-bond donors (Lipinski definition) is 1. The normalized spacial score (nSPS) is 12.0. The molecule has 0 aliphatic heterocycles. The fraction of sp³-hybridized carbons (Fsp3) is 0.333. The van der Waals surface area contributed by atoms with Crippen molar-refractivity contribution in [2.24, 2.45) is 0 Å². The highest BCUT2D eigenvalue weighted by molar-refractivity contribution is 6.01. The number of halogens is 3. The van der Waals surface area contributed by atoms with Crippen molar-refractivity contribution < 1.29 is 27.8 Å². The molecule has 0 aliphatic carbocycles. The molecule has 1 aromatic heterocycles. The highest BCUT2D eigenvalue weighted by atomic mass is 19.4. The van der Waals surface area contributed by atoms with Crippen LogP contribution in [0.5, 0.6) is 0 Å². The van der Waals surface area contributed by atoms with Crippen molar-refractivity contribution in [2.45, 2.75) is 12.7 Å². The zero-order valence-corrected chi connectivity index (χ0v) is 10.4. The second-order valence-corrected chi connectivity index (χ2v) is 4.06. The van der Waals surface area contributed by atoms with Gasteiger partial charge in [-0.3, -0.25) is 0 Å². The first-order valence-electron chi connectivity index (χ1n) is 5.65. The first-order valence-corrected chi connectivity index (χ1v) is 5.65. The van der Waals surface area contributed by atoms with Crippen molar-refractivity contribution in [1.29, 1.82) is 0 Å². The number of para-hydroxylation sites is 1. The lowest BCUT2D eigenvalue weighted by atomic mass is 10.2. The van der Waals surface area contributed by atoms with Crippen LogP contribution in [0.1, 0.15) is 16.2 Å². The molecule has 0 radical (unpaired) electrons. The van der Waals surface area contributed by atoms with Gasteiger partial charge in [-0.05, 0) is 12.1 Å². The Balaban J connectivity index is 2.71. The lowest BCUT2D eigenvalue weighted by molar-refractivity contribution is -0.147. The molecular formula is C12H11F3N2O3. The summed E-state index contributed by atoms with van der Waals surface area (Å²) in [7, 11) is 1.37. The van der Waals surface area contributed by atoms with Crippen molar-refractivity contribution in [3.8, 4) is 0 Å². The second-order valence-electron chi connectivity index (χ2n) is 4.06. The Morgan fingerprint density at radius 2 is 2.15 bits per heavy atom. The van der Waals surface area contributed by atoms with Gasteiger partial charge in [0.15, 0.2) is 0 Å². The third kappa shape index (κ3) is 2.46. The van der Waals surface area contributed by atoms with E-state index in [1.54, 1.807) is 0 Å². The minimum atomic E-state index is -4.66. The number of nitrogens with zero attached hydrogens (tertiary/aromatic N) is 2. The zero-order valence-electron chi connectivity index (χ0n) is 10.4. The molecule has 0 amide bonds. The predicted molar refractivity (Wildman–Crippen MR) is 63.6 cm³/mol. The maximum Gasteiger partial charge on any atom is 0.449 e. The topological polar surface area (TPSA) is 64.4 Å². The number of carbonyl (C=O) groups is 1. The van der Waals surface area contributed by atoms with E-state index in [1.807, 2.05) is 0 Å². The first kappa shape index (κ1) is 14.3. The number of aromatic carboxylic acids is 1. The van der Waals surface area contributed by atoms with Gasteiger partial charge < -0.3 is 14.4 Å². The van der Waals surface area contributed by atoms with Gasteiger partial charge in [0.25, 0.3) is 0 Å². The van der Waals surface area contributed by atoms with Crippen LogP contribution in [0.15, 0.2) is 18.2 Å². The Bertz CT molecular complexity index is 649. The largest absolute Gasteiger partial charge is 0.478 e. The van der Waals surface area contributed by atoms with Crippen LogP contribution in [0.2, 0.25) is 0 Å². The standard InChI is InChI=1S/C12H11F3N2O3/c1-20-6-5-17-8-4-2-3-7(10(18)19)9(8)16-11(17)12(13,14)15/h2-4H,5-6H2,1H3,(H,18,19). The summed E-state index contributed by atoms with van der Waals surface area (Å²) in [5.41, 5.74) is -0.318. The molecule has 20 heavy (non-hydrogen) atoms. The molecule has 2 rings (SSSR count). The van der Waals surface area contributed by atoms with Gasteiger partial charge in [0.2, 0.25) is 5.82 Å². The lowest BCUT2D eigenvalue weighted by Gasteiger charge is -2.10. The number of rotatable bonds is 4. The Kier molecular flexibility index (Phi) is 3.67. The summed E-state index contributed by atoms with van der Waals surface area (Å²) in [6, 6.07) is 4.01. The summed E-state index contributed by atoms with van der Waals surface area (Å²) in [6.45, 7) is -0.00322. The summed E-state index contributed by atoms with van der Waals surface area (Å²) in [5.74, 6) is -2.45. The van der Waals surface area contributed by atoms with Crippen LogP contribution >= 0.6 is 0 Å². The Hall–Kier alpha value is -2.09. The quantitative estimate of drug-likeness (QED) is 0.938. The van der Waals surface area contributed by atoms with E-state index < -0.39 is 18.0 Å². The van der Waals surface area contributed by atoms with Crippen LogP contribution in [-0.4, -0.2) is 34.3 Å². The van der Waals surface area contributed by atoms with E-state index >= 15 is 0 Å². The molecule has 108 valence electrons. The molecule has 2 aromatic rings. The first-order chi connectivity index (χ1) is 9.36. The van der Waals surface area contributed by atoms with Crippen molar-refractivity contribution in [1.82, 2.24) is 9.55 Å². The fourth-order valence-electron chi connectivity index (χ4n) is 1.94. The molecule has 0 spiro atoms. The Morgan fingerprint density at radius 1 is 1.45 bits per heavy atom. The van der Waals surface area contributed by atoms with Gasteiger partial charge >= 0.3 is 12.1 Å². The van der Waals surface area contributed by atoms with Gasteiger partial charge in [-0.25, -0.2) is 9.78 Å². The van der Waals surface area contributed by atoms with Crippen molar-refractivity contribution in [3.05, 3.63) is 29.6 Å². The number of methoxy groups -OCH3 is 1. The van der Waals surface area contributed by atoms with Crippen LogP contribution < -0.4 is 0 Å². The van der Waals surface area contributed by atoms with E-state index in [1.165, 1.54) is 25.3 Å². The molecule has 0 aliphatic rings. The van der Waals surface area contributed by atoms with E-state index in [-0.39, 0.29) is 29.7 Å². The number of imidazole rings is 1.